The lowest BCUT2D eigenvalue weighted by Crippen LogP contribution is -2.19. The topological polar surface area (TPSA) is 88.9 Å². The summed E-state index contributed by atoms with van der Waals surface area (Å²) in [5.74, 6) is -1.32. The number of aliphatic imine (C=N–C) groups is 1. The Balaban J connectivity index is 2.10. The second-order valence-electron chi connectivity index (χ2n) is 4.64. The minimum absolute atomic E-state index is 0.0151. The van der Waals surface area contributed by atoms with E-state index in [1.54, 1.807) is 30.3 Å². The quantitative estimate of drug-likeness (QED) is 0.419. The lowest BCUT2D eigenvalue weighted by Gasteiger charge is -2.06. The van der Waals surface area contributed by atoms with E-state index in [9.17, 15) is 14.7 Å². The molecule has 0 saturated heterocycles. The number of nitrogens with zero attached hydrogens (tertiary/aromatic N) is 2. The van der Waals surface area contributed by atoms with Crippen molar-refractivity contribution in [3.8, 4) is 0 Å². The normalized spacial score (nSPS) is 11.2. The molecule has 0 radical (unpaired) electrons. The van der Waals surface area contributed by atoms with E-state index in [2.05, 4.69) is 9.98 Å². The number of carboxylic acid groups (broad SMARTS) is 1. The highest BCUT2D eigenvalue weighted by Crippen LogP contribution is 2.20. The van der Waals surface area contributed by atoms with Crippen LogP contribution < -0.4 is 0 Å². The minimum atomic E-state index is -1.32. The summed E-state index contributed by atoms with van der Waals surface area (Å²) in [6.07, 6.45) is 0.423. The lowest BCUT2D eigenvalue weighted by atomic mass is 10.1. The monoisotopic (exact) mass is 458 g/mol. The van der Waals surface area contributed by atoms with E-state index in [0.717, 1.165) is 9.13 Å². The zero-order valence-corrected chi connectivity index (χ0v) is 15.2. The van der Waals surface area contributed by atoms with Crippen LogP contribution in [-0.2, 0) is 22.6 Å². The molecule has 2 rings (SSSR count). The number of carbonyl (C=O) groups is 2. The highest BCUT2D eigenvalue weighted by molar-refractivity contribution is 14.1. The van der Waals surface area contributed by atoms with Crippen LogP contribution in [0, 0.1) is 3.57 Å². The van der Waals surface area contributed by atoms with Crippen molar-refractivity contribution in [3.63, 3.8) is 0 Å². The Morgan fingerprint density at radius 1 is 1.25 bits per heavy atom. The average Bonchev–Trinajstić information content (AvgIpc) is 2.56. The maximum atomic E-state index is 11.8. The molecule has 1 aromatic carbocycles. The number of amides is 1. The number of aromatic nitrogens is 1. The fourth-order valence-electron chi connectivity index (χ4n) is 1.79. The molecule has 124 valence electrons. The van der Waals surface area contributed by atoms with Crippen molar-refractivity contribution in [2.24, 2.45) is 4.99 Å². The zero-order valence-electron chi connectivity index (χ0n) is 12.3. The molecular formula is C16H12ClIN2O4. The highest BCUT2D eigenvalue weighted by Gasteiger charge is 2.17. The van der Waals surface area contributed by atoms with Gasteiger partial charge in [0.05, 0.1) is 0 Å². The Hall–Kier alpha value is -2.00. The molecule has 1 aromatic heterocycles. The van der Waals surface area contributed by atoms with E-state index in [1.165, 1.54) is 6.20 Å². The standard InChI is InChI=1S/C16H12ClIN2O4/c17-14-11(12(18)6-7-19-14)8-13(15(21)22)20-16(23)24-9-10-4-2-1-3-5-10/h1-7H,8-9H2,(H,21,22). The molecule has 8 heteroatoms. The fourth-order valence-corrected chi connectivity index (χ4v) is 2.79. The number of carboxylic acids is 1. The van der Waals surface area contributed by atoms with E-state index in [-0.39, 0.29) is 23.9 Å². The Morgan fingerprint density at radius 2 is 1.96 bits per heavy atom. The summed E-state index contributed by atoms with van der Waals surface area (Å²) < 4.78 is 5.70. The SMILES string of the molecule is O=C(N=C(Cc1c(I)ccnc1Cl)C(=O)O)OCc1ccccc1. The summed E-state index contributed by atoms with van der Waals surface area (Å²) in [5, 5.41) is 9.42. The number of hydrogen-bond donors (Lipinski definition) is 1. The Labute approximate surface area is 156 Å². The van der Waals surface area contributed by atoms with Crippen molar-refractivity contribution < 1.29 is 19.4 Å². The van der Waals surface area contributed by atoms with Gasteiger partial charge in [-0.3, -0.25) is 0 Å². The Kier molecular flexibility index (Phi) is 6.68. The summed E-state index contributed by atoms with van der Waals surface area (Å²) in [4.78, 5) is 30.5. The zero-order chi connectivity index (χ0) is 17.5. The predicted octanol–water partition coefficient (Wildman–Crippen LogP) is 3.74. The number of ether oxygens (including phenoxy) is 1. The summed E-state index contributed by atoms with van der Waals surface area (Å²) >= 11 is 7.99. The van der Waals surface area contributed by atoms with Crippen molar-refractivity contribution in [1.29, 1.82) is 0 Å². The van der Waals surface area contributed by atoms with Gasteiger partial charge in [0, 0.05) is 21.8 Å². The molecule has 0 aliphatic rings. The van der Waals surface area contributed by atoms with Crippen molar-refractivity contribution in [3.05, 3.63) is 62.4 Å². The van der Waals surface area contributed by atoms with Gasteiger partial charge in [-0.2, -0.15) is 4.99 Å². The van der Waals surface area contributed by atoms with Gasteiger partial charge in [-0.1, -0.05) is 41.9 Å². The molecule has 1 heterocycles. The van der Waals surface area contributed by atoms with Gasteiger partial charge in [0.1, 0.15) is 17.5 Å². The number of aliphatic carboxylic acids is 1. The van der Waals surface area contributed by atoms with Gasteiger partial charge in [0.25, 0.3) is 0 Å². The van der Waals surface area contributed by atoms with Crippen LogP contribution in [0.3, 0.4) is 0 Å². The second-order valence-corrected chi connectivity index (χ2v) is 6.16. The minimum Gasteiger partial charge on any atom is -0.477 e. The van der Waals surface area contributed by atoms with Crippen LogP contribution in [-0.4, -0.2) is 27.9 Å². The molecule has 1 amide bonds. The van der Waals surface area contributed by atoms with Crippen LogP contribution in [0.15, 0.2) is 47.6 Å². The molecule has 1 N–H and O–H groups in total. The first-order valence-electron chi connectivity index (χ1n) is 6.77. The third kappa shape index (κ3) is 5.27. The first-order valence-corrected chi connectivity index (χ1v) is 8.23. The van der Waals surface area contributed by atoms with Gasteiger partial charge >= 0.3 is 12.1 Å². The molecule has 0 fully saturated rings. The Bertz CT molecular complexity index is 761. The van der Waals surface area contributed by atoms with Crippen LogP contribution >= 0.6 is 34.2 Å². The maximum absolute atomic E-state index is 11.8. The largest absolute Gasteiger partial charge is 0.477 e. The molecule has 2 aromatic rings. The summed E-state index contributed by atoms with van der Waals surface area (Å²) in [5.41, 5.74) is 0.917. The van der Waals surface area contributed by atoms with Gasteiger partial charge in [0.15, 0.2) is 0 Å². The van der Waals surface area contributed by atoms with E-state index < -0.39 is 12.1 Å². The third-order valence-electron chi connectivity index (χ3n) is 2.97. The molecule has 0 bridgehead atoms. The summed E-state index contributed by atoms with van der Waals surface area (Å²) in [7, 11) is 0. The fraction of sp³-hybridized carbons (Fsp3) is 0.125. The highest BCUT2D eigenvalue weighted by atomic mass is 127. The van der Waals surface area contributed by atoms with Gasteiger partial charge in [-0.05, 0) is 34.2 Å². The summed E-state index contributed by atoms with van der Waals surface area (Å²) in [6, 6.07) is 10.7. The molecule has 0 aliphatic carbocycles. The van der Waals surface area contributed by atoms with E-state index in [1.807, 2.05) is 28.7 Å². The molecular weight excluding hydrogens is 447 g/mol. The van der Waals surface area contributed by atoms with Crippen molar-refractivity contribution in [2.75, 3.05) is 0 Å². The number of benzene rings is 1. The number of carbonyl (C=O) groups excluding carboxylic acids is 1. The molecule has 0 spiro atoms. The lowest BCUT2D eigenvalue weighted by molar-refractivity contribution is -0.129. The van der Waals surface area contributed by atoms with E-state index >= 15 is 0 Å². The number of rotatable bonds is 5. The van der Waals surface area contributed by atoms with Gasteiger partial charge in [-0.15, -0.1) is 0 Å². The molecule has 0 unspecified atom stereocenters. The molecule has 24 heavy (non-hydrogen) atoms. The first kappa shape index (κ1) is 18.3. The van der Waals surface area contributed by atoms with Crippen molar-refractivity contribution in [2.45, 2.75) is 13.0 Å². The summed E-state index contributed by atoms with van der Waals surface area (Å²) in [6.45, 7) is 0.0151. The molecule has 0 aliphatic heterocycles. The number of halogens is 2. The van der Waals surface area contributed by atoms with E-state index in [0.29, 0.717) is 5.56 Å². The van der Waals surface area contributed by atoms with Crippen LogP contribution in [0.4, 0.5) is 4.79 Å². The molecule has 0 atom stereocenters. The van der Waals surface area contributed by atoms with Crippen molar-refractivity contribution in [1.82, 2.24) is 4.98 Å². The van der Waals surface area contributed by atoms with Gasteiger partial charge in [-0.25, -0.2) is 14.6 Å². The van der Waals surface area contributed by atoms with Crippen molar-refractivity contribution >= 4 is 52.0 Å². The smallest absolute Gasteiger partial charge is 0.434 e. The van der Waals surface area contributed by atoms with Gasteiger partial charge in [0.2, 0.25) is 0 Å². The number of pyridine rings is 1. The van der Waals surface area contributed by atoms with Crippen LogP contribution in [0.25, 0.3) is 0 Å². The second kappa shape index (κ2) is 8.74. The Morgan fingerprint density at radius 3 is 2.58 bits per heavy atom. The number of hydrogen-bond acceptors (Lipinski definition) is 4. The van der Waals surface area contributed by atoms with Crippen LogP contribution in [0.1, 0.15) is 11.1 Å². The van der Waals surface area contributed by atoms with Crippen LogP contribution in [0.5, 0.6) is 0 Å². The van der Waals surface area contributed by atoms with Crippen LogP contribution in [0.2, 0.25) is 5.15 Å². The third-order valence-corrected chi connectivity index (χ3v) is 4.30. The predicted molar refractivity (Wildman–Crippen MR) is 97.4 cm³/mol. The first-order chi connectivity index (χ1) is 11.5. The maximum Gasteiger partial charge on any atom is 0.434 e. The van der Waals surface area contributed by atoms with E-state index in [4.69, 9.17) is 16.3 Å². The van der Waals surface area contributed by atoms with Gasteiger partial charge < -0.3 is 9.84 Å². The average molecular weight is 459 g/mol. The molecule has 0 saturated carbocycles. The molecule has 6 nitrogen and oxygen atoms in total.